The number of ether oxygens (including phenoxy) is 1. The number of hydrogen-bond donors (Lipinski definition) is 1. The van der Waals surface area contributed by atoms with E-state index in [0.717, 1.165) is 5.56 Å². The Hall–Kier alpha value is -3.67. The van der Waals surface area contributed by atoms with Crippen LogP contribution in [-0.4, -0.2) is 30.6 Å². The third-order valence-corrected chi connectivity index (χ3v) is 7.56. The van der Waals surface area contributed by atoms with Gasteiger partial charge in [0.25, 0.3) is 5.91 Å². The predicted octanol–water partition coefficient (Wildman–Crippen LogP) is 3.99. The number of nitrogens with zero attached hydrogens (tertiary/aromatic N) is 2. The number of nitriles is 1. The molecular weight excluding hydrogens is 453 g/mol. The molecule has 0 aromatic heterocycles. The molecule has 1 spiro atoms. The first kappa shape index (κ1) is 22.1. The quantitative estimate of drug-likeness (QED) is 0.565. The lowest BCUT2D eigenvalue weighted by molar-refractivity contribution is -0.121. The Morgan fingerprint density at radius 3 is 2.82 bits per heavy atom. The molecule has 2 aliphatic heterocycles. The molecule has 0 radical (unpaired) electrons. The van der Waals surface area contributed by atoms with Crippen molar-refractivity contribution in [3.63, 3.8) is 0 Å². The van der Waals surface area contributed by atoms with Crippen LogP contribution in [0.5, 0.6) is 5.75 Å². The Labute approximate surface area is 200 Å². The van der Waals surface area contributed by atoms with Gasteiger partial charge >= 0.3 is 0 Å². The van der Waals surface area contributed by atoms with Crippen molar-refractivity contribution in [3.8, 4) is 11.8 Å². The van der Waals surface area contributed by atoms with E-state index < -0.39 is 16.7 Å². The number of carbonyl (C=O) groups excluding carboxylic acids is 2. The molecule has 1 amide bonds. The number of fused-ring (bicyclic) bond motifs is 2. The summed E-state index contributed by atoms with van der Waals surface area (Å²) in [5.74, 6) is -0.288. The molecule has 2 aliphatic rings. The summed E-state index contributed by atoms with van der Waals surface area (Å²) in [6, 6.07) is 19.8. The highest BCUT2D eigenvalue weighted by Crippen LogP contribution is 2.52. The van der Waals surface area contributed by atoms with Gasteiger partial charge < -0.3 is 9.64 Å². The molecule has 5 rings (SSSR count). The molecule has 8 heteroatoms. The minimum atomic E-state index is -1.19. The molecule has 170 valence electrons. The summed E-state index contributed by atoms with van der Waals surface area (Å²) in [6.07, 6.45) is 0. The van der Waals surface area contributed by atoms with Gasteiger partial charge in [0.05, 0.1) is 42.6 Å². The molecule has 34 heavy (non-hydrogen) atoms. The SMILES string of the molecule is COc1ccc2c(c1)C1(NC(C(=O)c3ccccc3F)CS1)C(=O)N2Cc1cccc(C#N)c1. The first-order chi connectivity index (χ1) is 16.5. The average molecular weight is 474 g/mol. The monoisotopic (exact) mass is 473 g/mol. The second kappa shape index (κ2) is 8.60. The van der Waals surface area contributed by atoms with Crippen LogP contribution in [0, 0.1) is 17.1 Å². The minimum Gasteiger partial charge on any atom is -0.497 e. The fourth-order valence-electron chi connectivity index (χ4n) is 4.46. The lowest BCUT2D eigenvalue weighted by Crippen LogP contribution is -2.49. The van der Waals surface area contributed by atoms with Crippen LogP contribution in [-0.2, 0) is 16.2 Å². The highest BCUT2D eigenvalue weighted by molar-refractivity contribution is 8.01. The van der Waals surface area contributed by atoms with E-state index in [-0.39, 0.29) is 23.8 Å². The van der Waals surface area contributed by atoms with Crippen LogP contribution < -0.4 is 15.0 Å². The van der Waals surface area contributed by atoms with Gasteiger partial charge in [-0.1, -0.05) is 24.3 Å². The van der Waals surface area contributed by atoms with Gasteiger partial charge in [0.1, 0.15) is 11.6 Å². The van der Waals surface area contributed by atoms with E-state index in [1.165, 1.54) is 30.0 Å². The first-order valence-corrected chi connectivity index (χ1v) is 11.7. The Kier molecular flexibility index (Phi) is 5.60. The maximum absolute atomic E-state index is 14.3. The number of anilines is 1. The Morgan fingerprint density at radius 2 is 2.06 bits per heavy atom. The van der Waals surface area contributed by atoms with Crippen molar-refractivity contribution in [2.24, 2.45) is 0 Å². The summed E-state index contributed by atoms with van der Waals surface area (Å²) in [4.78, 5) is 27.4. The van der Waals surface area contributed by atoms with Crippen molar-refractivity contribution in [2.45, 2.75) is 17.5 Å². The van der Waals surface area contributed by atoms with Gasteiger partial charge in [0.15, 0.2) is 10.7 Å². The highest BCUT2D eigenvalue weighted by Gasteiger charge is 2.57. The van der Waals surface area contributed by atoms with Crippen LogP contribution in [0.1, 0.15) is 27.0 Å². The van der Waals surface area contributed by atoms with Crippen LogP contribution in [0.2, 0.25) is 0 Å². The molecule has 2 atom stereocenters. The van der Waals surface area contributed by atoms with Gasteiger partial charge in [-0.05, 0) is 48.0 Å². The smallest absolute Gasteiger partial charge is 0.262 e. The fourth-order valence-corrected chi connectivity index (χ4v) is 5.89. The maximum atomic E-state index is 14.3. The second-order valence-corrected chi connectivity index (χ2v) is 9.35. The van der Waals surface area contributed by atoms with Crippen molar-refractivity contribution >= 4 is 29.1 Å². The largest absolute Gasteiger partial charge is 0.497 e. The molecule has 1 saturated heterocycles. The zero-order valence-corrected chi connectivity index (χ0v) is 19.1. The molecule has 1 N–H and O–H groups in total. The maximum Gasteiger partial charge on any atom is 0.262 e. The lowest BCUT2D eigenvalue weighted by Gasteiger charge is -2.24. The van der Waals surface area contributed by atoms with Crippen LogP contribution in [0.4, 0.5) is 10.1 Å². The van der Waals surface area contributed by atoms with E-state index in [4.69, 9.17) is 4.74 Å². The van der Waals surface area contributed by atoms with Crippen molar-refractivity contribution < 1.29 is 18.7 Å². The molecule has 1 fully saturated rings. The number of amides is 1. The van der Waals surface area contributed by atoms with Gasteiger partial charge in [-0.25, -0.2) is 4.39 Å². The normalized spacial score (nSPS) is 20.9. The number of ketones is 1. The summed E-state index contributed by atoms with van der Waals surface area (Å²) < 4.78 is 19.7. The molecule has 3 aromatic carbocycles. The highest BCUT2D eigenvalue weighted by atomic mass is 32.2. The number of thioether (sulfide) groups is 1. The van der Waals surface area contributed by atoms with E-state index in [9.17, 15) is 19.2 Å². The topological polar surface area (TPSA) is 82.4 Å². The fraction of sp³-hybridized carbons (Fsp3) is 0.192. The predicted molar refractivity (Wildman–Crippen MR) is 127 cm³/mol. The molecule has 6 nitrogen and oxygen atoms in total. The lowest BCUT2D eigenvalue weighted by atomic mass is 10.0. The molecule has 0 saturated carbocycles. The van der Waals surface area contributed by atoms with Crippen molar-refractivity contribution in [1.29, 1.82) is 5.26 Å². The first-order valence-electron chi connectivity index (χ1n) is 10.7. The summed E-state index contributed by atoms with van der Waals surface area (Å²) in [7, 11) is 1.55. The minimum absolute atomic E-state index is 0.000800. The zero-order valence-electron chi connectivity index (χ0n) is 18.2. The van der Waals surface area contributed by atoms with Crippen molar-refractivity contribution in [3.05, 3.63) is 94.8 Å². The summed E-state index contributed by atoms with van der Waals surface area (Å²) in [5.41, 5.74) is 2.72. The average Bonchev–Trinajstić information content (AvgIpc) is 3.41. The molecule has 3 aromatic rings. The number of hydrogen-bond acceptors (Lipinski definition) is 6. The van der Waals surface area contributed by atoms with Crippen LogP contribution in [0.25, 0.3) is 0 Å². The number of nitrogens with one attached hydrogen (secondary N) is 1. The van der Waals surface area contributed by atoms with E-state index in [0.29, 0.717) is 28.3 Å². The summed E-state index contributed by atoms with van der Waals surface area (Å²) in [6.45, 7) is 0.267. The van der Waals surface area contributed by atoms with Crippen LogP contribution in [0.3, 0.4) is 0 Å². The number of methoxy groups -OCH3 is 1. The molecule has 2 unspecified atom stereocenters. The van der Waals surface area contributed by atoms with E-state index in [2.05, 4.69) is 11.4 Å². The van der Waals surface area contributed by atoms with Crippen LogP contribution >= 0.6 is 11.8 Å². The number of benzene rings is 3. The number of rotatable bonds is 5. The Balaban J connectivity index is 1.52. The number of halogens is 1. The van der Waals surface area contributed by atoms with Gasteiger partial charge in [-0.2, -0.15) is 5.26 Å². The standard InChI is InChI=1S/C26H20FN3O3S/c1-33-18-9-10-23-20(12-18)26(25(32)30(23)14-17-6-4-5-16(11-17)13-28)29-22(15-34-26)24(31)19-7-2-3-8-21(19)27/h2-12,22,29H,14-15H2,1H3. The summed E-state index contributed by atoms with van der Waals surface area (Å²) >= 11 is 1.33. The third kappa shape index (κ3) is 3.54. The molecule has 0 bridgehead atoms. The number of carbonyl (C=O) groups is 2. The molecular formula is C26H20FN3O3S. The van der Waals surface area contributed by atoms with Gasteiger partial charge in [0, 0.05) is 11.3 Å². The molecule has 0 aliphatic carbocycles. The van der Waals surface area contributed by atoms with Gasteiger partial charge in [0.2, 0.25) is 0 Å². The van der Waals surface area contributed by atoms with Gasteiger partial charge in [-0.3, -0.25) is 14.9 Å². The van der Waals surface area contributed by atoms with Crippen LogP contribution in [0.15, 0.2) is 66.7 Å². The third-order valence-electron chi connectivity index (χ3n) is 6.12. The van der Waals surface area contributed by atoms with E-state index in [1.807, 2.05) is 12.1 Å². The zero-order chi connectivity index (χ0) is 23.9. The molecule has 2 heterocycles. The van der Waals surface area contributed by atoms with Crippen molar-refractivity contribution in [2.75, 3.05) is 17.8 Å². The Morgan fingerprint density at radius 1 is 1.24 bits per heavy atom. The van der Waals surface area contributed by atoms with Crippen molar-refractivity contribution in [1.82, 2.24) is 5.32 Å². The van der Waals surface area contributed by atoms with E-state index >= 15 is 0 Å². The Bertz CT molecular complexity index is 1360. The summed E-state index contributed by atoms with van der Waals surface area (Å²) in [5, 5.41) is 12.5. The second-order valence-electron chi connectivity index (χ2n) is 8.12. The van der Waals surface area contributed by atoms with Gasteiger partial charge in [-0.15, -0.1) is 11.8 Å². The number of Topliss-reactive ketones (excluding diaryl/α,β-unsaturated/α-hetero) is 1. The van der Waals surface area contributed by atoms with E-state index in [1.54, 1.807) is 48.4 Å².